The quantitative estimate of drug-likeness (QED) is 0.800. The van der Waals surface area contributed by atoms with Gasteiger partial charge < -0.3 is 19.9 Å². The molecule has 6 nitrogen and oxygen atoms in total. The Morgan fingerprint density at radius 3 is 2.48 bits per heavy atom. The molecule has 27 heavy (non-hydrogen) atoms. The highest BCUT2D eigenvalue weighted by Crippen LogP contribution is 2.59. The average Bonchev–Trinajstić information content (AvgIpc) is 3.28. The number of hydrogen-bond donors (Lipinski definition) is 1. The Morgan fingerprint density at radius 2 is 1.85 bits per heavy atom. The summed E-state index contributed by atoms with van der Waals surface area (Å²) in [5, 5.41) is 3.40. The van der Waals surface area contributed by atoms with Crippen LogP contribution in [0.25, 0.3) is 0 Å². The summed E-state index contributed by atoms with van der Waals surface area (Å²) in [6.07, 6.45) is 6.96. The summed E-state index contributed by atoms with van der Waals surface area (Å²) >= 11 is 0. The fourth-order valence-electron chi connectivity index (χ4n) is 5.48. The zero-order valence-corrected chi connectivity index (χ0v) is 17.0. The Kier molecular flexibility index (Phi) is 5.12. The summed E-state index contributed by atoms with van der Waals surface area (Å²) in [5.74, 6) is 1.14. The van der Waals surface area contributed by atoms with Crippen molar-refractivity contribution in [3.63, 3.8) is 0 Å². The Morgan fingerprint density at radius 1 is 1.19 bits per heavy atom. The van der Waals surface area contributed by atoms with Gasteiger partial charge in [-0.1, -0.05) is 26.7 Å². The molecule has 0 aromatic rings. The molecule has 4 aliphatic rings. The van der Waals surface area contributed by atoms with Gasteiger partial charge in [0.15, 0.2) is 0 Å². The van der Waals surface area contributed by atoms with Crippen molar-refractivity contribution in [2.45, 2.75) is 64.4 Å². The molecule has 3 heterocycles. The summed E-state index contributed by atoms with van der Waals surface area (Å²) in [5.41, 5.74) is -0.0701. The zero-order valence-electron chi connectivity index (χ0n) is 17.0. The summed E-state index contributed by atoms with van der Waals surface area (Å²) in [6.45, 7) is 9.43. The van der Waals surface area contributed by atoms with E-state index in [2.05, 4.69) is 19.2 Å². The third-order valence-electron chi connectivity index (χ3n) is 7.75. The lowest BCUT2D eigenvalue weighted by Crippen LogP contribution is -2.49. The number of nitrogens with zero attached hydrogens (tertiary/aromatic N) is 2. The number of carbonyl (C=O) groups excluding carboxylic acids is 2. The standard InChI is InChI=1S/C21H35N3O3/c1-3-16(4-2)14-24-15-21(27-19(24)26)7-11-23(12-8-21)18(25)17-13-20(17)5-9-22-10-6-20/h16-17,22H,3-15H2,1-2H3. The van der Waals surface area contributed by atoms with Gasteiger partial charge in [-0.2, -0.15) is 0 Å². The normalized spacial score (nSPS) is 28.9. The third kappa shape index (κ3) is 3.57. The predicted octanol–water partition coefficient (Wildman–Crippen LogP) is 2.63. The van der Waals surface area contributed by atoms with Gasteiger partial charge >= 0.3 is 6.09 Å². The molecule has 2 amide bonds. The highest BCUT2D eigenvalue weighted by molar-refractivity contribution is 5.83. The van der Waals surface area contributed by atoms with Crippen molar-refractivity contribution in [1.29, 1.82) is 0 Å². The van der Waals surface area contributed by atoms with E-state index in [0.717, 1.165) is 77.7 Å². The molecule has 4 rings (SSSR count). The first-order valence-corrected chi connectivity index (χ1v) is 11.0. The van der Waals surface area contributed by atoms with Crippen molar-refractivity contribution in [2.24, 2.45) is 17.3 Å². The van der Waals surface area contributed by atoms with Gasteiger partial charge in [0.25, 0.3) is 0 Å². The van der Waals surface area contributed by atoms with Gasteiger partial charge in [-0.05, 0) is 43.7 Å². The summed E-state index contributed by atoms with van der Waals surface area (Å²) in [4.78, 5) is 29.3. The van der Waals surface area contributed by atoms with E-state index < -0.39 is 0 Å². The van der Waals surface area contributed by atoms with Crippen LogP contribution in [0.1, 0.15) is 58.8 Å². The lowest BCUT2D eigenvalue weighted by Gasteiger charge is -2.38. The van der Waals surface area contributed by atoms with Crippen LogP contribution in [0.15, 0.2) is 0 Å². The molecule has 1 aliphatic carbocycles. The van der Waals surface area contributed by atoms with Crippen molar-refractivity contribution < 1.29 is 14.3 Å². The SMILES string of the molecule is CCC(CC)CN1CC2(CCN(C(=O)C3CC34CCNCC4)CC2)OC1=O. The largest absolute Gasteiger partial charge is 0.441 e. The molecule has 3 aliphatic heterocycles. The molecule has 6 heteroatoms. The summed E-state index contributed by atoms with van der Waals surface area (Å²) in [6, 6.07) is 0. The van der Waals surface area contributed by atoms with Gasteiger partial charge in [-0.15, -0.1) is 0 Å². The fourth-order valence-corrected chi connectivity index (χ4v) is 5.48. The molecule has 0 radical (unpaired) electrons. The van der Waals surface area contributed by atoms with Crippen molar-refractivity contribution in [3.8, 4) is 0 Å². The molecule has 4 fully saturated rings. The molecule has 1 saturated carbocycles. The molecule has 3 saturated heterocycles. The van der Waals surface area contributed by atoms with E-state index in [0.29, 0.717) is 23.8 Å². The van der Waals surface area contributed by atoms with Gasteiger partial charge in [0, 0.05) is 38.4 Å². The van der Waals surface area contributed by atoms with Gasteiger partial charge in [0.05, 0.1) is 6.54 Å². The molecule has 2 spiro atoms. The maximum absolute atomic E-state index is 13.0. The van der Waals surface area contributed by atoms with E-state index in [-0.39, 0.29) is 17.6 Å². The van der Waals surface area contributed by atoms with E-state index in [1.54, 1.807) is 0 Å². The third-order valence-corrected chi connectivity index (χ3v) is 7.75. The van der Waals surface area contributed by atoms with Crippen molar-refractivity contribution in [1.82, 2.24) is 15.1 Å². The molecule has 0 aromatic heterocycles. The molecule has 0 aromatic carbocycles. The highest BCUT2D eigenvalue weighted by atomic mass is 16.6. The number of ether oxygens (including phenoxy) is 1. The molecular weight excluding hydrogens is 342 g/mol. The van der Waals surface area contributed by atoms with Gasteiger partial charge in [-0.3, -0.25) is 4.79 Å². The van der Waals surface area contributed by atoms with Crippen LogP contribution in [-0.4, -0.2) is 66.7 Å². The summed E-state index contributed by atoms with van der Waals surface area (Å²) < 4.78 is 5.85. The monoisotopic (exact) mass is 377 g/mol. The molecule has 0 bridgehead atoms. The second kappa shape index (κ2) is 7.26. The first kappa shape index (κ1) is 19.0. The Bertz CT molecular complexity index is 575. The van der Waals surface area contributed by atoms with Crippen LogP contribution in [0.2, 0.25) is 0 Å². The van der Waals surface area contributed by atoms with E-state index in [1.165, 1.54) is 0 Å². The maximum Gasteiger partial charge on any atom is 0.410 e. The second-order valence-electron chi connectivity index (χ2n) is 9.31. The van der Waals surface area contributed by atoms with Crippen LogP contribution < -0.4 is 5.32 Å². The molecule has 1 atom stereocenters. The highest BCUT2D eigenvalue weighted by Gasteiger charge is 2.59. The van der Waals surface area contributed by atoms with Crippen LogP contribution in [-0.2, 0) is 9.53 Å². The number of piperidine rings is 2. The molecule has 1 N–H and O–H groups in total. The van der Waals surface area contributed by atoms with E-state index in [9.17, 15) is 9.59 Å². The number of amides is 2. The van der Waals surface area contributed by atoms with Gasteiger partial charge in [0.2, 0.25) is 5.91 Å². The van der Waals surface area contributed by atoms with Crippen LogP contribution in [0.4, 0.5) is 4.79 Å². The predicted molar refractivity (Wildman–Crippen MR) is 103 cm³/mol. The van der Waals surface area contributed by atoms with Crippen molar-refractivity contribution >= 4 is 12.0 Å². The van der Waals surface area contributed by atoms with E-state index >= 15 is 0 Å². The van der Waals surface area contributed by atoms with Gasteiger partial charge in [-0.25, -0.2) is 4.79 Å². The lowest BCUT2D eigenvalue weighted by atomic mass is 9.89. The molecule has 152 valence electrons. The smallest absolute Gasteiger partial charge is 0.410 e. The maximum atomic E-state index is 13.0. The number of likely N-dealkylation sites (tertiary alicyclic amines) is 1. The Labute approximate surface area is 163 Å². The topological polar surface area (TPSA) is 61.9 Å². The van der Waals surface area contributed by atoms with Crippen LogP contribution in [0.5, 0.6) is 0 Å². The minimum Gasteiger partial charge on any atom is -0.441 e. The van der Waals surface area contributed by atoms with Crippen LogP contribution >= 0.6 is 0 Å². The minimum absolute atomic E-state index is 0.155. The number of carbonyl (C=O) groups is 2. The van der Waals surface area contributed by atoms with Gasteiger partial charge in [0.1, 0.15) is 5.60 Å². The first-order chi connectivity index (χ1) is 13.0. The Hall–Kier alpha value is -1.30. The molecular formula is C21H35N3O3. The zero-order chi connectivity index (χ0) is 19.1. The number of rotatable bonds is 5. The fraction of sp³-hybridized carbons (Fsp3) is 0.905. The van der Waals surface area contributed by atoms with Crippen LogP contribution in [0.3, 0.4) is 0 Å². The second-order valence-corrected chi connectivity index (χ2v) is 9.31. The van der Waals surface area contributed by atoms with E-state index in [1.807, 2.05) is 9.80 Å². The molecule has 1 unspecified atom stereocenters. The van der Waals surface area contributed by atoms with Crippen molar-refractivity contribution in [3.05, 3.63) is 0 Å². The minimum atomic E-state index is -0.365. The summed E-state index contributed by atoms with van der Waals surface area (Å²) in [7, 11) is 0. The van der Waals surface area contributed by atoms with Crippen LogP contribution in [0, 0.1) is 17.3 Å². The van der Waals surface area contributed by atoms with Crippen molar-refractivity contribution in [2.75, 3.05) is 39.3 Å². The number of nitrogens with one attached hydrogen (secondary N) is 1. The number of hydrogen-bond acceptors (Lipinski definition) is 4. The van der Waals surface area contributed by atoms with E-state index in [4.69, 9.17) is 4.74 Å². The first-order valence-electron chi connectivity index (χ1n) is 11.0. The Balaban J connectivity index is 1.30. The average molecular weight is 378 g/mol. The lowest BCUT2D eigenvalue weighted by molar-refractivity contribution is -0.137.